The van der Waals surface area contributed by atoms with Gasteiger partial charge in [0.1, 0.15) is 6.10 Å². The van der Waals surface area contributed by atoms with Crippen LogP contribution in [0, 0.1) is 0 Å². The Morgan fingerprint density at radius 3 is 3.00 bits per heavy atom. The molecule has 6 heteroatoms. The molecule has 0 spiro atoms. The van der Waals surface area contributed by atoms with Crippen LogP contribution in [0.5, 0.6) is 0 Å². The summed E-state index contributed by atoms with van der Waals surface area (Å²) in [7, 11) is 0. The van der Waals surface area contributed by atoms with Gasteiger partial charge in [0.2, 0.25) is 5.95 Å². The Morgan fingerprint density at radius 2 is 2.27 bits per heavy atom. The minimum Gasteiger partial charge on any atom is -0.385 e. The molecule has 0 aromatic carbocycles. The predicted octanol–water partition coefficient (Wildman–Crippen LogP) is -0.342. The van der Waals surface area contributed by atoms with E-state index in [1.165, 1.54) is 0 Å². The molecule has 1 aliphatic heterocycles. The molecule has 15 heavy (non-hydrogen) atoms. The lowest BCUT2D eigenvalue weighted by atomic mass is 10.4. The van der Waals surface area contributed by atoms with E-state index in [-0.39, 0.29) is 0 Å². The zero-order chi connectivity index (χ0) is 10.7. The topological polar surface area (TPSA) is 77.1 Å². The van der Waals surface area contributed by atoms with E-state index in [0.717, 1.165) is 32.6 Å². The SMILES string of the molecule is CC(O)c1nc(N2CCCNCC2)n[nH]1. The molecule has 3 N–H and O–H groups in total. The van der Waals surface area contributed by atoms with Gasteiger partial charge >= 0.3 is 0 Å². The Balaban J connectivity index is 2.06. The number of nitrogens with zero attached hydrogens (tertiary/aromatic N) is 3. The number of aliphatic hydroxyl groups excluding tert-OH is 1. The van der Waals surface area contributed by atoms with Crippen LogP contribution in [-0.4, -0.2) is 46.5 Å². The molecule has 0 bridgehead atoms. The highest BCUT2D eigenvalue weighted by atomic mass is 16.3. The number of anilines is 1. The molecule has 1 aromatic heterocycles. The monoisotopic (exact) mass is 211 g/mol. The smallest absolute Gasteiger partial charge is 0.244 e. The molecule has 1 unspecified atom stereocenters. The average Bonchev–Trinajstić information content (AvgIpc) is 2.55. The standard InChI is InChI=1S/C9H17N5O/c1-7(15)8-11-9(13-12-8)14-5-2-3-10-4-6-14/h7,10,15H,2-6H2,1H3,(H,11,12,13). The molecule has 2 heterocycles. The number of rotatable bonds is 2. The first-order valence-electron chi connectivity index (χ1n) is 5.33. The highest BCUT2D eigenvalue weighted by molar-refractivity contribution is 5.29. The van der Waals surface area contributed by atoms with Gasteiger partial charge in [0, 0.05) is 19.6 Å². The minimum atomic E-state index is -0.587. The third kappa shape index (κ3) is 2.45. The van der Waals surface area contributed by atoms with Crippen LogP contribution >= 0.6 is 0 Å². The number of aromatic nitrogens is 3. The van der Waals surface area contributed by atoms with Crippen molar-refractivity contribution < 1.29 is 5.11 Å². The summed E-state index contributed by atoms with van der Waals surface area (Å²) in [5, 5.41) is 19.5. The van der Waals surface area contributed by atoms with Crippen LogP contribution in [0.15, 0.2) is 0 Å². The number of hydrogen-bond acceptors (Lipinski definition) is 5. The van der Waals surface area contributed by atoms with Crippen molar-refractivity contribution in [3.63, 3.8) is 0 Å². The summed E-state index contributed by atoms with van der Waals surface area (Å²) in [5.74, 6) is 1.22. The average molecular weight is 211 g/mol. The second kappa shape index (κ2) is 4.59. The lowest BCUT2D eigenvalue weighted by Gasteiger charge is -2.16. The molecule has 1 fully saturated rings. The van der Waals surface area contributed by atoms with Gasteiger partial charge in [-0.3, -0.25) is 5.10 Å². The third-order valence-electron chi connectivity index (χ3n) is 2.51. The maximum absolute atomic E-state index is 9.33. The summed E-state index contributed by atoms with van der Waals surface area (Å²) in [6.07, 6.45) is 0.509. The second-order valence-electron chi connectivity index (χ2n) is 3.79. The van der Waals surface area contributed by atoms with Gasteiger partial charge < -0.3 is 15.3 Å². The summed E-state index contributed by atoms with van der Waals surface area (Å²) < 4.78 is 0. The molecule has 1 atom stereocenters. The fourth-order valence-corrected chi connectivity index (χ4v) is 1.64. The number of aliphatic hydroxyl groups is 1. The highest BCUT2D eigenvalue weighted by Gasteiger charge is 2.15. The van der Waals surface area contributed by atoms with E-state index in [4.69, 9.17) is 0 Å². The minimum absolute atomic E-state index is 0.530. The summed E-state index contributed by atoms with van der Waals surface area (Å²) in [4.78, 5) is 6.38. The van der Waals surface area contributed by atoms with Crippen molar-refractivity contribution in [3.8, 4) is 0 Å². The zero-order valence-corrected chi connectivity index (χ0v) is 8.90. The molecule has 6 nitrogen and oxygen atoms in total. The molecule has 0 aliphatic carbocycles. The Morgan fingerprint density at radius 1 is 1.40 bits per heavy atom. The Hall–Kier alpha value is -1.14. The molecule has 0 radical (unpaired) electrons. The van der Waals surface area contributed by atoms with E-state index in [2.05, 4.69) is 25.4 Å². The molecule has 1 aromatic rings. The van der Waals surface area contributed by atoms with E-state index < -0.39 is 6.10 Å². The number of nitrogens with one attached hydrogen (secondary N) is 2. The predicted molar refractivity (Wildman–Crippen MR) is 56.7 cm³/mol. The van der Waals surface area contributed by atoms with Crippen LogP contribution in [0.4, 0.5) is 5.95 Å². The van der Waals surface area contributed by atoms with E-state index in [9.17, 15) is 5.11 Å². The fraction of sp³-hybridized carbons (Fsp3) is 0.778. The van der Waals surface area contributed by atoms with Gasteiger partial charge in [-0.1, -0.05) is 0 Å². The van der Waals surface area contributed by atoms with Crippen molar-refractivity contribution in [3.05, 3.63) is 5.82 Å². The Bertz CT molecular complexity index is 303. The maximum atomic E-state index is 9.33. The van der Waals surface area contributed by atoms with Gasteiger partial charge in [0.05, 0.1) is 0 Å². The quantitative estimate of drug-likeness (QED) is 0.623. The summed E-state index contributed by atoms with van der Waals surface area (Å²) in [5.41, 5.74) is 0. The van der Waals surface area contributed by atoms with Gasteiger partial charge in [-0.25, -0.2) is 0 Å². The normalized spacial score (nSPS) is 20.0. The second-order valence-corrected chi connectivity index (χ2v) is 3.79. The zero-order valence-electron chi connectivity index (χ0n) is 8.90. The van der Waals surface area contributed by atoms with Crippen LogP contribution in [0.25, 0.3) is 0 Å². The lowest BCUT2D eigenvalue weighted by Crippen LogP contribution is -2.28. The molecule has 2 rings (SSSR count). The largest absolute Gasteiger partial charge is 0.385 e. The van der Waals surface area contributed by atoms with E-state index in [1.807, 2.05) is 0 Å². The van der Waals surface area contributed by atoms with Crippen LogP contribution in [0.1, 0.15) is 25.3 Å². The van der Waals surface area contributed by atoms with Crippen LogP contribution < -0.4 is 10.2 Å². The first-order chi connectivity index (χ1) is 7.27. The van der Waals surface area contributed by atoms with E-state index in [1.54, 1.807) is 6.92 Å². The summed E-state index contributed by atoms with van der Waals surface area (Å²) in [6, 6.07) is 0. The van der Waals surface area contributed by atoms with Crippen LogP contribution in [-0.2, 0) is 0 Å². The van der Waals surface area contributed by atoms with E-state index in [0.29, 0.717) is 11.8 Å². The molecule has 0 amide bonds. The van der Waals surface area contributed by atoms with Gasteiger partial charge in [0.25, 0.3) is 0 Å². The number of hydrogen-bond donors (Lipinski definition) is 3. The lowest BCUT2D eigenvalue weighted by molar-refractivity contribution is 0.189. The first kappa shape index (κ1) is 10.4. The van der Waals surface area contributed by atoms with Crippen molar-refractivity contribution in [1.82, 2.24) is 20.5 Å². The molecular weight excluding hydrogens is 194 g/mol. The van der Waals surface area contributed by atoms with Gasteiger partial charge in [-0.2, -0.15) is 4.98 Å². The molecule has 1 saturated heterocycles. The first-order valence-corrected chi connectivity index (χ1v) is 5.33. The Labute approximate surface area is 88.7 Å². The van der Waals surface area contributed by atoms with Crippen molar-refractivity contribution in [2.24, 2.45) is 0 Å². The van der Waals surface area contributed by atoms with Gasteiger partial charge in [-0.05, 0) is 19.9 Å². The molecule has 0 saturated carbocycles. The molecule has 1 aliphatic rings. The van der Waals surface area contributed by atoms with Crippen molar-refractivity contribution in [2.75, 3.05) is 31.1 Å². The van der Waals surface area contributed by atoms with Crippen molar-refractivity contribution >= 4 is 5.95 Å². The summed E-state index contributed by atoms with van der Waals surface area (Å²) >= 11 is 0. The fourth-order valence-electron chi connectivity index (χ4n) is 1.64. The Kier molecular flexibility index (Phi) is 3.17. The van der Waals surface area contributed by atoms with Gasteiger partial charge in [-0.15, -0.1) is 5.10 Å². The molecular formula is C9H17N5O. The van der Waals surface area contributed by atoms with Crippen molar-refractivity contribution in [2.45, 2.75) is 19.4 Å². The summed E-state index contributed by atoms with van der Waals surface area (Å²) in [6.45, 7) is 5.55. The number of aromatic amines is 1. The van der Waals surface area contributed by atoms with Crippen LogP contribution in [0.3, 0.4) is 0 Å². The van der Waals surface area contributed by atoms with Crippen LogP contribution in [0.2, 0.25) is 0 Å². The maximum Gasteiger partial charge on any atom is 0.244 e. The number of H-pyrrole nitrogens is 1. The third-order valence-corrected chi connectivity index (χ3v) is 2.51. The van der Waals surface area contributed by atoms with Crippen molar-refractivity contribution in [1.29, 1.82) is 0 Å². The van der Waals surface area contributed by atoms with E-state index >= 15 is 0 Å². The molecule has 84 valence electrons. The van der Waals surface area contributed by atoms with Gasteiger partial charge in [0.15, 0.2) is 5.82 Å². The highest BCUT2D eigenvalue weighted by Crippen LogP contribution is 2.12.